The van der Waals surface area contributed by atoms with Gasteiger partial charge in [0.25, 0.3) is 0 Å². The van der Waals surface area contributed by atoms with Crippen molar-refractivity contribution < 1.29 is 9.53 Å². The predicted molar refractivity (Wildman–Crippen MR) is 149 cm³/mol. The van der Waals surface area contributed by atoms with Gasteiger partial charge in [0, 0.05) is 56.3 Å². The first-order valence-electron chi connectivity index (χ1n) is 12.9. The lowest BCUT2D eigenvalue weighted by molar-refractivity contribution is -0.131. The third kappa shape index (κ3) is 5.53. The van der Waals surface area contributed by atoms with Gasteiger partial charge in [-0.15, -0.1) is 0 Å². The van der Waals surface area contributed by atoms with Crippen molar-refractivity contribution in [3.05, 3.63) is 102 Å². The van der Waals surface area contributed by atoms with Gasteiger partial charge in [0.05, 0.1) is 7.11 Å². The Labute approximate surface area is 219 Å². The first-order valence-corrected chi connectivity index (χ1v) is 12.9. The van der Waals surface area contributed by atoms with Gasteiger partial charge >= 0.3 is 0 Å². The van der Waals surface area contributed by atoms with E-state index in [4.69, 9.17) is 4.74 Å². The van der Waals surface area contributed by atoms with Crippen LogP contribution in [0.25, 0.3) is 11.3 Å². The number of hydrogen-bond acceptors (Lipinski definition) is 5. The maximum absolute atomic E-state index is 13.5. The Kier molecular flexibility index (Phi) is 7.26. The quantitative estimate of drug-likeness (QED) is 0.478. The van der Waals surface area contributed by atoms with E-state index in [0.29, 0.717) is 19.6 Å². The molecule has 3 aromatic rings. The van der Waals surface area contributed by atoms with Crippen molar-refractivity contribution in [3.8, 4) is 5.75 Å². The molecule has 0 N–H and O–H groups in total. The largest absolute Gasteiger partial charge is 0.497 e. The van der Waals surface area contributed by atoms with Gasteiger partial charge in [-0.3, -0.25) is 4.79 Å². The maximum Gasteiger partial charge on any atom is 0.242 e. The third-order valence-electron chi connectivity index (χ3n) is 7.14. The Morgan fingerprint density at radius 1 is 0.973 bits per heavy atom. The maximum atomic E-state index is 13.5. The molecule has 1 saturated heterocycles. The van der Waals surface area contributed by atoms with Gasteiger partial charge < -0.3 is 19.4 Å². The van der Waals surface area contributed by atoms with Crippen LogP contribution in [0.1, 0.15) is 23.6 Å². The number of piperazine rings is 1. The Hall–Kier alpha value is -4.06. The van der Waals surface area contributed by atoms with Crippen molar-refractivity contribution in [2.45, 2.75) is 13.8 Å². The Morgan fingerprint density at radius 2 is 1.73 bits per heavy atom. The van der Waals surface area contributed by atoms with Crippen LogP contribution >= 0.6 is 0 Å². The molecule has 37 heavy (non-hydrogen) atoms. The monoisotopic (exact) mass is 494 g/mol. The lowest BCUT2D eigenvalue weighted by Gasteiger charge is -2.37. The number of benzene rings is 2. The summed E-state index contributed by atoms with van der Waals surface area (Å²) in [5.74, 6) is 2.05. The zero-order chi connectivity index (χ0) is 25.8. The van der Waals surface area contributed by atoms with Crippen LogP contribution in [0.3, 0.4) is 0 Å². The molecule has 1 amide bonds. The number of hydrogen-bond donors (Lipinski definition) is 0. The van der Waals surface area contributed by atoms with Crippen molar-refractivity contribution in [1.82, 2.24) is 14.8 Å². The molecule has 2 aromatic carbocycles. The molecule has 1 unspecified atom stereocenters. The van der Waals surface area contributed by atoms with Crippen molar-refractivity contribution >= 4 is 23.0 Å². The normalized spacial score (nSPS) is 17.8. The first-order chi connectivity index (χ1) is 18.0. The second-order valence-electron chi connectivity index (χ2n) is 9.71. The zero-order valence-corrected chi connectivity index (χ0v) is 21.8. The molecule has 0 spiro atoms. The molecule has 0 bridgehead atoms. The van der Waals surface area contributed by atoms with Crippen LogP contribution in [0.5, 0.6) is 5.75 Å². The van der Waals surface area contributed by atoms with E-state index in [0.717, 1.165) is 35.9 Å². The Morgan fingerprint density at radius 3 is 2.46 bits per heavy atom. The standard InChI is InChI=1S/C31H34N4O2/c1-23-8-7-11-26(18-23)28-21-35(29(19-24(28)2)25-9-5-4-6-10-25)22-31(36)34-16-14-33(15-17-34)30-20-27(37-3)12-13-32-30/h4-13,18-21,24H,14-17,22H2,1-3H3. The van der Waals surface area contributed by atoms with E-state index in [1.165, 1.54) is 16.7 Å². The number of allylic oxidation sites excluding steroid dienone is 2. The van der Waals surface area contributed by atoms with Crippen molar-refractivity contribution in [2.24, 2.45) is 5.92 Å². The van der Waals surface area contributed by atoms with Crippen molar-refractivity contribution in [1.29, 1.82) is 0 Å². The number of aromatic nitrogens is 1. The van der Waals surface area contributed by atoms with Crippen LogP contribution in [-0.4, -0.2) is 60.5 Å². The minimum absolute atomic E-state index is 0.134. The molecule has 1 fully saturated rings. The highest BCUT2D eigenvalue weighted by Gasteiger charge is 2.27. The fraction of sp³-hybridized carbons (Fsp3) is 0.290. The summed E-state index contributed by atoms with van der Waals surface area (Å²) in [6.45, 7) is 7.47. The van der Waals surface area contributed by atoms with E-state index < -0.39 is 0 Å². The van der Waals surface area contributed by atoms with E-state index in [-0.39, 0.29) is 11.8 Å². The van der Waals surface area contributed by atoms with E-state index in [1.807, 2.05) is 35.2 Å². The first kappa shape index (κ1) is 24.6. The molecule has 1 atom stereocenters. The number of pyridine rings is 1. The number of amides is 1. The number of carbonyl (C=O) groups excluding carboxylic acids is 1. The average molecular weight is 495 g/mol. The number of nitrogens with zero attached hydrogens (tertiary/aromatic N) is 4. The molecule has 5 rings (SSSR count). The number of anilines is 1. The van der Waals surface area contributed by atoms with E-state index in [1.54, 1.807) is 13.3 Å². The van der Waals surface area contributed by atoms with Crippen LogP contribution in [0, 0.1) is 12.8 Å². The zero-order valence-electron chi connectivity index (χ0n) is 21.8. The Balaban J connectivity index is 1.34. The molecular formula is C31H34N4O2. The molecule has 6 heteroatoms. The minimum Gasteiger partial charge on any atom is -0.497 e. The van der Waals surface area contributed by atoms with Gasteiger partial charge in [-0.2, -0.15) is 0 Å². The van der Waals surface area contributed by atoms with E-state index in [2.05, 4.69) is 77.3 Å². The SMILES string of the molecule is COc1ccnc(N2CCN(C(=O)CN3C=C(c4cccc(C)c4)C(C)C=C3c3ccccc3)CC2)c1. The summed E-state index contributed by atoms with van der Waals surface area (Å²) >= 11 is 0. The van der Waals surface area contributed by atoms with Crippen LogP contribution in [0.2, 0.25) is 0 Å². The highest BCUT2D eigenvalue weighted by Crippen LogP contribution is 2.35. The molecule has 0 saturated carbocycles. The highest BCUT2D eigenvalue weighted by molar-refractivity contribution is 5.84. The number of rotatable bonds is 6. The smallest absolute Gasteiger partial charge is 0.242 e. The van der Waals surface area contributed by atoms with Gasteiger partial charge in [0.1, 0.15) is 18.1 Å². The second kappa shape index (κ2) is 10.9. The van der Waals surface area contributed by atoms with Crippen molar-refractivity contribution in [2.75, 3.05) is 44.7 Å². The molecule has 2 aliphatic rings. The van der Waals surface area contributed by atoms with Gasteiger partial charge in [-0.1, -0.05) is 73.2 Å². The number of methoxy groups -OCH3 is 1. The number of carbonyl (C=O) groups is 1. The molecule has 190 valence electrons. The summed E-state index contributed by atoms with van der Waals surface area (Å²) in [4.78, 5) is 24.3. The summed E-state index contributed by atoms with van der Waals surface area (Å²) in [5, 5.41) is 0. The predicted octanol–water partition coefficient (Wildman–Crippen LogP) is 5.08. The van der Waals surface area contributed by atoms with Crippen LogP contribution in [0.4, 0.5) is 5.82 Å². The van der Waals surface area contributed by atoms with Crippen LogP contribution in [0.15, 0.2) is 85.2 Å². The third-order valence-corrected chi connectivity index (χ3v) is 7.14. The van der Waals surface area contributed by atoms with Gasteiger partial charge in [-0.25, -0.2) is 4.98 Å². The van der Waals surface area contributed by atoms with Crippen molar-refractivity contribution in [3.63, 3.8) is 0 Å². The summed E-state index contributed by atoms with van der Waals surface area (Å²) < 4.78 is 5.34. The molecular weight excluding hydrogens is 460 g/mol. The molecule has 3 heterocycles. The fourth-order valence-corrected chi connectivity index (χ4v) is 5.07. The number of aryl methyl sites for hydroxylation is 1. The van der Waals surface area contributed by atoms with E-state index >= 15 is 0 Å². The second-order valence-corrected chi connectivity index (χ2v) is 9.71. The summed E-state index contributed by atoms with van der Waals surface area (Å²) in [6.07, 6.45) is 6.22. The molecule has 0 radical (unpaired) electrons. The minimum atomic E-state index is 0.134. The van der Waals surface area contributed by atoms with E-state index in [9.17, 15) is 4.79 Å². The average Bonchev–Trinajstić information content (AvgIpc) is 2.94. The Bertz CT molecular complexity index is 1310. The molecule has 6 nitrogen and oxygen atoms in total. The van der Waals surface area contributed by atoms with Gasteiger partial charge in [0.2, 0.25) is 5.91 Å². The lowest BCUT2D eigenvalue weighted by atomic mass is 9.89. The summed E-state index contributed by atoms with van der Waals surface area (Å²) in [7, 11) is 1.66. The highest BCUT2D eigenvalue weighted by atomic mass is 16.5. The molecule has 2 aliphatic heterocycles. The fourth-order valence-electron chi connectivity index (χ4n) is 5.07. The lowest BCUT2D eigenvalue weighted by Crippen LogP contribution is -2.51. The van der Waals surface area contributed by atoms with Gasteiger partial charge in [-0.05, 0) is 29.7 Å². The number of ether oxygens (including phenoxy) is 1. The van der Waals surface area contributed by atoms with Gasteiger partial charge in [0.15, 0.2) is 0 Å². The topological polar surface area (TPSA) is 48.9 Å². The molecule has 1 aromatic heterocycles. The summed E-state index contributed by atoms with van der Waals surface area (Å²) in [5.41, 5.74) is 5.86. The molecule has 0 aliphatic carbocycles. The van der Waals surface area contributed by atoms with Crippen LogP contribution in [-0.2, 0) is 4.79 Å². The summed E-state index contributed by atoms with van der Waals surface area (Å²) in [6, 6.07) is 22.7. The van der Waals surface area contributed by atoms with Crippen LogP contribution < -0.4 is 9.64 Å².